The molecule has 0 spiro atoms. The normalized spacial score (nSPS) is 13.5. The molecular formula is C48H81NO12Si4. The molecule has 2 aromatic carbocycles. The maximum absolute atomic E-state index is 6.23. The highest BCUT2D eigenvalue weighted by molar-refractivity contribution is 6.68. The Hall–Kier alpha value is -2.54. The highest BCUT2D eigenvalue weighted by Crippen LogP contribution is 2.28. The van der Waals surface area contributed by atoms with E-state index in [4.69, 9.17) is 58.1 Å². The van der Waals surface area contributed by atoms with E-state index < -0.39 is 35.2 Å². The van der Waals surface area contributed by atoms with E-state index in [0.717, 1.165) is 44.7 Å². The predicted octanol–water partition coefficient (Wildman–Crippen LogP) is 10.4. The summed E-state index contributed by atoms with van der Waals surface area (Å²) in [6.45, 7) is 33.2. The van der Waals surface area contributed by atoms with Crippen molar-refractivity contribution in [2.45, 2.75) is 103 Å². The van der Waals surface area contributed by atoms with E-state index in [0.29, 0.717) is 85.8 Å². The van der Waals surface area contributed by atoms with E-state index >= 15 is 0 Å². The third-order valence-corrected chi connectivity index (χ3v) is 20.0. The molecule has 2 rings (SSSR count). The summed E-state index contributed by atoms with van der Waals surface area (Å²) < 4.78 is 74.7. The van der Waals surface area contributed by atoms with Crippen LogP contribution in [-0.4, -0.2) is 120 Å². The van der Waals surface area contributed by atoms with Crippen LogP contribution < -0.4 is 0 Å². The van der Waals surface area contributed by atoms with Gasteiger partial charge in [0.1, 0.15) is 0 Å². The van der Waals surface area contributed by atoms with Gasteiger partial charge in [0.15, 0.2) is 0 Å². The zero-order chi connectivity index (χ0) is 48.2. The average Bonchev–Trinajstić information content (AvgIpc) is 3.27. The molecule has 366 valence electrons. The first-order valence-corrected chi connectivity index (χ1v) is 30.8. The van der Waals surface area contributed by atoms with Gasteiger partial charge in [-0.15, -0.1) is 0 Å². The van der Waals surface area contributed by atoms with Crippen molar-refractivity contribution in [2.24, 2.45) is 4.99 Å². The smallest absolute Gasteiger partial charge is 0.371 e. The Balaban J connectivity index is 3.10. The summed E-state index contributed by atoms with van der Waals surface area (Å²) in [7, 11) is -12.7. The average molecular weight is 977 g/mol. The number of aliphatic imine (C=N–C) groups is 1. The van der Waals surface area contributed by atoms with Crippen LogP contribution in [0.1, 0.15) is 129 Å². The van der Waals surface area contributed by atoms with Gasteiger partial charge in [0.25, 0.3) is 0 Å². The Labute approximate surface area is 396 Å². The van der Waals surface area contributed by atoms with Crippen molar-refractivity contribution in [2.75, 3.05) is 79.3 Å². The van der Waals surface area contributed by atoms with Crippen molar-refractivity contribution >= 4 is 65.2 Å². The van der Waals surface area contributed by atoms with Crippen molar-refractivity contribution in [3.05, 3.63) is 92.1 Å². The number of nitrogens with zero attached hydrogens (tertiary/aromatic N) is 1. The standard InChI is InChI=1S/C48H81NO12Si4/c1-15-50-62(51-16-2,52-17-3)34-30-43-28-27-29-44(31-35-63(53-18-4,54-19-5)55-20-6)48(43)42(14)49-40-47-45(32-36-64(56-21-7,57-22-8)58-23-9)38-41(13)39-46(47)33-37-65(59-24-10,60-25-11)61-26-12/h27-39H,15-26,40H2,1-14H3/b34-30-,35-31+,36-32+,37-33+,49-42?. The fraction of sp³-hybridized carbons (Fsp3) is 0.562. The van der Waals surface area contributed by atoms with Gasteiger partial charge in [-0.2, -0.15) is 0 Å². The van der Waals surface area contributed by atoms with Crippen LogP contribution in [0.25, 0.3) is 24.3 Å². The zero-order valence-electron chi connectivity index (χ0n) is 42.0. The van der Waals surface area contributed by atoms with Crippen LogP contribution in [0.5, 0.6) is 0 Å². The molecule has 0 aliphatic carbocycles. The molecule has 0 unspecified atom stereocenters. The molecule has 0 aromatic heterocycles. The van der Waals surface area contributed by atoms with Crippen LogP contribution in [-0.2, 0) is 59.7 Å². The number of aryl methyl sites for hydroxylation is 1. The largest absolute Gasteiger partial charge is 0.529 e. The summed E-state index contributed by atoms with van der Waals surface area (Å²) in [6, 6.07) is 10.5. The van der Waals surface area contributed by atoms with Gasteiger partial charge in [-0.1, -0.05) is 54.6 Å². The minimum Gasteiger partial charge on any atom is -0.371 e. The maximum atomic E-state index is 6.23. The van der Waals surface area contributed by atoms with E-state index in [-0.39, 0.29) is 0 Å². The first-order chi connectivity index (χ1) is 31.4. The number of rotatable bonds is 35. The minimum absolute atomic E-state index is 0.316. The van der Waals surface area contributed by atoms with Crippen LogP contribution in [0, 0.1) is 6.92 Å². The second-order valence-electron chi connectivity index (χ2n) is 14.1. The molecule has 0 atom stereocenters. The number of benzene rings is 2. The molecule has 0 radical (unpaired) electrons. The Morgan fingerprint density at radius 1 is 0.415 bits per heavy atom. The summed E-state index contributed by atoms with van der Waals surface area (Å²) in [5.41, 5.74) is 15.3. The summed E-state index contributed by atoms with van der Waals surface area (Å²) >= 11 is 0. The molecule has 0 saturated carbocycles. The second-order valence-corrected chi connectivity index (χ2v) is 23.7. The fourth-order valence-electron chi connectivity index (χ4n) is 7.17. The third-order valence-electron chi connectivity index (χ3n) is 9.44. The molecule has 2 aromatic rings. The monoisotopic (exact) mass is 975 g/mol. The van der Waals surface area contributed by atoms with Crippen molar-refractivity contribution in [1.82, 2.24) is 0 Å². The molecule has 0 amide bonds. The molecule has 0 saturated heterocycles. The van der Waals surface area contributed by atoms with Gasteiger partial charge >= 0.3 is 35.2 Å². The molecule has 13 nitrogen and oxygen atoms in total. The Morgan fingerprint density at radius 3 is 0.908 bits per heavy atom. The Bertz CT molecular complexity index is 1640. The van der Waals surface area contributed by atoms with Crippen LogP contribution in [0.15, 0.2) is 58.1 Å². The van der Waals surface area contributed by atoms with Crippen LogP contribution in [0.3, 0.4) is 0 Å². The van der Waals surface area contributed by atoms with Gasteiger partial charge in [-0.25, -0.2) is 0 Å². The van der Waals surface area contributed by atoms with E-state index in [9.17, 15) is 0 Å². The first kappa shape index (κ1) is 58.6. The molecule has 0 fully saturated rings. The lowest BCUT2D eigenvalue weighted by molar-refractivity contribution is 0.0837. The zero-order valence-corrected chi connectivity index (χ0v) is 46.0. The van der Waals surface area contributed by atoms with E-state index in [1.807, 2.05) is 131 Å². The van der Waals surface area contributed by atoms with E-state index in [1.165, 1.54) is 0 Å². The molecule has 0 bridgehead atoms. The predicted molar refractivity (Wildman–Crippen MR) is 272 cm³/mol. The SMILES string of the molecule is CCO[Si](/C=C\c1cccc(/C=C/[Si](OCC)(OCC)OCC)c1C(C)=NCc1c(/C=C/[Si](OCC)(OCC)OCC)cc(C)cc1/C=C/[Si](OCC)(OCC)OCC)(OCC)OCC. The number of hydrogen-bond acceptors (Lipinski definition) is 13. The molecule has 0 N–H and O–H groups in total. The van der Waals surface area contributed by atoms with Crippen LogP contribution in [0.2, 0.25) is 0 Å². The van der Waals surface area contributed by atoms with Gasteiger partial charge in [0.2, 0.25) is 0 Å². The first-order valence-electron chi connectivity index (χ1n) is 23.6. The summed E-state index contributed by atoms with van der Waals surface area (Å²) in [5, 5.41) is 0. The third kappa shape index (κ3) is 18.5. The molecule has 0 aliphatic rings. The van der Waals surface area contributed by atoms with Crippen LogP contribution >= 0.6 is 0 Å². The molecule has 17 heteroatoms. The maximum Gasteiger partial charge on any atom is 0.529 e. The molecular weight excluding hydrogens is 895 g/mol. The van der Waals surface area contributed by atoms with Crippen molar-refractivity contribution in [3.8, 4) is 0 Å². The van der Waals surface area contributed by atoms with Gasteiger partial charge < -0.3 is 53.1 Å². The molecule has 0 aliphatic heterocycles. The highest BCUT2D eigenvalue weighted by atomic mass is 28.4. The summed E-state index contributed by atoms with van der Waals surface area (Å²) in [6.07, 6.45) is 8.17. The van der Waals surface area contributed by atoms with E-state index in [2.05, 4.69) is 43.3 Å². The number of hydrogen-bond donors (Lipinski definition) is 0. The van der Waals surface area contributed by atoms with E-state index in [1.54, 1.807) is 0 Å². The van der Waals surface area contributed by atoms with Gasteiger partial charge in [0.05, 0.1) is 6.54 Å². The van der Waals surface area contributed by atoms with Crippen molar-refractivity contribution < 1.29 is 53.1 Å². The fourth-order valence-corrected chi connectivity index (χ4v) is 15.7. The lowest BCUT2D eigenvalue weighted by Gasteiger charge is -2.26. The molecule has 65 heavy (non-hydrogen) atoms. The molecule has 0 heterocycles. The minimum atomic E-state index is -3.17. The van der Waals surface area contributed by atoms with Crippen molar-refractivity contribution in [1.29, 1.82) is 0 Å². The van der Waals surface area contributed by atoms with Gasteiger partial charge in [0, 0.05) is 90.6 Å². The van der Waals surface area contributed by atoms with Gasteiger partial charge in [-0.3, -0.25) is 4.99 Å². The Morgan fingerprint density at radius 2 is 0.662 bits per heavy atom. The quantitative estimate of drug-likeness (QED) is 0.0483. The summed E-state index contributed by atoms with van der Waals surface area (Å²) in [4.78, 5) is 5.40. The van der Waals surface area contributed by atoms with Crippen molar-refractivity contribution in [3.63, 3.8) is 0 Å². The highest BCUT2D eigenvalue weighted by Gasteiger charge is 2.40. The topological polar surface area (TPSA) is 123 Å². The summed E-state index contributed by atoms with van der Waals surface area (Å²) in [5.74, 6) is 0. The lowest BCUT2D eigenvalue weighted by atomic mass is 9.96. The second kappa shape index (κ2) is 31.5. The lowest BCUT2D eigenvalue weighted by Crippen LogP contribution is -2.44. The van der Waals surface area contributed by atoms with Crippen LogP contribution in [0.4, 0.5) is 0 Å². The Kier molecular flexibility index (Phi) is 28.4. The van der Waals surface area contributed by atoms with Gasteiger partial charge in [-0.05, 0) is 153 Å².